The molecule has 0 saturated heterocycles. The van der Waals surface area contributed by atoms with Crippen LogP contribution in [-0.2, 0) is 0 Å². The van der Waals surface area contributed by atoms with Crippen molar-refractivity contribution in [2.45, 2.75) is 13.8 Å². The van der Waals surface area contributed by atoms with Crippen LogP contribution in [0.25, 0.3) is 22.6 Å². The van der Waals surface area contributed by atoms with E-state index in [-0.39, 0.29) is 5.82 Å². The molecule has 2 nitrogen and oxygen atoms in total. The summed E-state index contributed by atoms with van der Waals surface area (Å²) in [7, 11) is 0. The lowest BCUT2D eigenvalue weighted by molar-refractivity contribution is 0.593. The second-order valence-electron chi connectivity index (χ2n) is 4.40. The first kappa shape index (κ1) is 11.0. The van der Waals surface area contributed by atoms with Crippen LogP contribution in [0.15, 0.2) is 40.8 Å². The largest absolute Gasteiger partial charge is 0.436 e. The predicted octanol–water partition coefficient (Wildman–Crippen LogP) is 4.25. The number of oxazole rings is 1. The van der Waals surface area contributed by atoms with Gasteiger partial charge in [0.25, 0.3) is 0 Å². The molecule has 2 aromatic carbocycles. The van der Waals surface area contributed by atoms with E-state index in [9.17, 15) is 4.39 Å². The summed E-state index contributed by atoms with van der Waals surface area (Å²) >= 11 is 0. The van der Waals surface area contributed by atoms with Gasteiger partial charge in [0.05, 0.1) is 5.56 Å². The minimum absolute atomic E-state index is 0.322. The third-order valence-corrected chi connectivity index (χ3v) is 3.11. The Balaban J connectivity index is 2.23. The summed E-state index contributed by atoms with van der Waals surface area (Å²) in [6, 6.07) is 10.4. The minimum atomic E-state index is -0.322. The van der Waals surface area contributed by atoms with Gasteiger partial charge in [-0.3, -0.25) is 0 Å². The summed E-state index contributed by atoms with van der Waals surface area (Å²) in [6.07, 6.45) is 0. The fourth-order valence-corrected chi connectivity index (χ4v) is 1.93. The Bertz CT molecular complexity index is 691. The van der Waals surface area contributed by atoms with Gasteiger partial charge in [0, 0.05) is 0 Å². The van der Waals surface area contributed by atoms with Crippen LogP contribution in [0, 0.1) is 19.7 Å². The van der Waals surface area contributed by atoms with Crippen molar-refractivity contribution in [1.29, 1.82) is 0 Å². The van der Waals surface area contributed by atoms with E-state index in [0.29, 0.717) is 17.0 Å². The molecular weight excluding hydrogens is 229 g/mol. The molecule has 0 unspecified atom stereocenters. The zero-order valence-corrected chi connectivity index (χ0v) is 10.2. The number of halogens is 1. The highest BCUT2D eigenvalue weighted by molar-refractivity contribution is 5.78. The van der Waals surface area contributed by atoms with Crippen LogP contribution in [0.2, 0.25) is 0 Å². The molecule has 0 fully saturated rings. The number of rotatable bonds is 1. The van der Waals surface area contributed by atoms with Gasteiger partial charge in [0.1, 0.15) is 11.3 Å². The molecule has 0 aliphatic rings. The van der Waals surface area contributed by atoms with E-state index in [4.69, 9.17) is 4.42 Å². The first-order valence-corrected chi connectivity index (χ1v) is 5.78. The molecule has 3 heteroatoms. The molecule has 0 aliphatic carbocycles. The van der Waals surface area contributed by atoms with Crippen molar-refractivity contribution in [2.24, 2.45) is 0 Å². The second-order valence-corrected chi connectivity index (χ2v) is 4.40. The van der Waals surface area contributed by atoms with E-state index in [0.717, 1.165) is 16.6 Å². The molecule has 18 heavy (non-hydrogen) atoms. The molecule has 1 heterocycles. The van der Waals surface area contributed by atoms with Crippen molar-refractivity contribution >= 4 is 11.1 Å². The highest BCUT2D eigenvalue weighted by Gasteiger charge is 2.12. The van der Waals surface area contributed by atoms with Crippen molar-refractivity contribution in [3.8, 4) is 11.5 Å². The average Bonchev–Trinajstić information content (AvgIpc) is 2.73. The fourth-order valence-electron chi connectivity index (χ4n) is 1.93. The predicted molar refractivity (Wildman–Crippen MR) is 68.9 cm³/mol. The smallest absolute Gasteiger partial charge is 0.230 e. The van der Waals surface area contributed by atoms with E-state index in [1.807, 2.05) is 26.0 Å². The maximum absolute atomic E-state index is 13.7. The van der Waals surface area contributed by atoms with Crippen molar-refractivity contribution < 1.29 is 8.81 Å². The molecular formula is C15H12FNO. The maximum Gasteiger partial charge on any atom is 0.230 e. The Hall–Kier alpha value is -2.16. The van der Waals surface area contributed by atoms with Gasteiger partial charge in [-0.25, -0.2) is 9.37 Å². The van der Waals surface area contributed by atoms with Gasteiger partial charge in [-0.1, -0.05) is 12.1 Å². The fraction of sp³-hybridized carbons (Fsp3) is 0.133. The first-order chi connectivity index (χ1) is 8.65. The standard InChI is InChI=1S/C15H12FNO/c1-9-7-13-14(8-10(9)2)18-15(17-13)11-5-3-4-6-12(11)16/h3-8H,1-2H3. The van der Waals surface area contributed by atoms with Crippen molar-refractivity contribution in [3.63, 3.8) is 0 Å². The third kappa shape index (κ3) is 1.68. The molecule has 0 atom stereocenters. The number of hydrogen-bond donors (Lipinski definition) is 0. The van der Waals surface area contributed by atoms with E-state index in [1.54, 1.807) is 18.2 Å². The number of benzene rings is 2. The van der Waals surface area contributed by atoms with Crippen molar-refractivity contribution in [3.05, 3.63) is 53.3 Å². The lowest BCUT2D eigenvalue weighted by atomic mass is 10.1. The first-order valence-electron chi connectivity index (χ1n) is 5.78. The Morgan fingerprint density at radius 3 is 2.56 bits per heavy atom. The van der Waals surface area contributed by atoms with Crippen LogP contribution in [-0.4, -0.2) is 4.98 Å². The van der Waals surface area contributed by atoms with Crippen LogP contribution < -0.4 is 0 Å². The molecule has 90 valence electrons. The summed E-state index contributed by atoms with van der Waals surface area (Å²) in [6.45, 7) is 4.03. The number of nitrogens with zero attached hydrogens (tertiary/aromatic N) is 1. The van der Waals surface area contributed by atoms with Gasteiger partial charge >= 0.3 is 0 Å². The van der Waals surface area contributed by atoms with Gasteiger partial charge in [0.2, 0.25) is 5.89 Å². The van der Waals surface area contributed by atoms with Crippen LogP contribution in [0.3, 0.4) is 0 Å². The van der Waals surface area contributed by atoms with Gasteiger partial charge in [0.15, 0.2) is 5.58 Å². The van der Waals surface area contributed by atoms with Gasteiger partial charge in [-0.15, -0.1) is 0 Å². The zero-order valence-electron chi connectivity index (χ0n) is 10.2. The summed E-state index contributed by atoms with van der Waals surface area (Å²) in [4.78, 5) is 4.34. The Labute approximate surface area is 104 Å². The lowest BCUT2D eigenvalue weighted by Crippen LogP contribution is -1.82. The second kappa shape index (κ2) is 3.95. The van der Waals surface area contributed by atoms with Gasteiger partial charge in [-0.05, 0) is 49.2 Å². The van der Waals surface area contributed by atoms with Crippen molar-refractivity contribution in [2.75, 3.05) is 0 Å². The normalized spacial score (nSPS) is 11.1. The summed E-state index contributed by atoms with van der Waals surface area (Å²) in [5.74, 6) is 0.00519. The molecule has 0 amide bonds. The molecule has 3 rings (SSSR count). The average molecular weight is 241 g/mol. The molecule has 0 bridgehead atoms. The van der Waals surface area contributed by atoms with Crippen molar-refractivity contribution in [1.82, 2.24) is 4.98 Å². The molecule has 1 aromatic heterocycles. The maximum atomic E-state index is 13.7. The third-order valence-electron chi connectivity index (χ3n) is 3.11. The molecule has 0 spiro atoms. The van der Waals surface area contributed by atoms with E-state index >= 15 is 0 Å². The van der Waals surface area contributed by atoms with Crippen LogP contribution in [0.4, 0.5) is 4.39 Å². The SMILES string of the molecule is Cc1cc2nc(-c3ccccc3F)oc2cc1C. The number of hydrogen-bond acceptors (Lipinski definition) is 2. The number of aromatic nitrogens is 1. The summed E-state index contributed by atoms with van der Waals surface area (Å²) < 4.78 is 19.3. The van der Waals surface area contributed by atoms with E-state index in [2.05, 4.69) is 4.98 Å². The summed E-state index contributed by atoms with van der Waals surface area (Å²) in [5, 5.41) is 0. The molecule has 0 N–H and O–H groups in total. The van der Waals surface area contributed by atoms with E-state index < -0.39 is 0 Å². The summed E-state index contributed by atoms with van der Waals surface area (Å²) in [5.41, 5.74) is 4.13. The molecule has 0 saturated carbocycles. The highest BCUT2D eigenvalue weighted by Crippen LogP contribution is 2.27. The Kier molecular flexibility index (Phi) is 2.40. The van der Waals surface area contributed by atoms with Crippen LogP contribution in [0.5, 0.6) is 0 Å². The highest BCUT2D eigenvalue weighted by atomic mass is 19.1. The Morgan fingerprint density at radius 2 is 1.78 bits per heavy atom. The number of fused-ring (bicyclic) bond motifs is 1. The quantitative estimate of drug-likeness (QED) is 0.636. The van der Waals surface area contributed by atoms with Gasteiger partial charge in [-0.2, -0.15) is 0 Å². The van der Waals surface area contributed by atoms with E-state index in [1.165, 1.54) is 6.07 Å². The molecule has 0 aliphatic heterocycles. The minimum Gasteiger partial charge on any atom is -0.436 e. The van der Waals surface area contributed by atoms with Gasteiger partial charge < -0.3 is 4.42 Å². The molecule has 3 aromatic rings. The molecule has 0 radical (unpaired) electrons. The Morgan fingerprint density at radius 1 is 1.06 bits per heavy atom. The number of aryl methyl sites for hydroxylation is 2. The topological polar surface area (TPSA) is 26.0 Å². The lowest BCUT2D eigenvalue weighted by Gasteiger charge is -1.96. The monoisotopic (exact) mass is 241 g/mol. The van der Waals surface area contributed by atoms with Crippen LogP contribution >= 0.6 is 0 Å². The van der Waals surface area contributed by atoms with Crippen LogP contribution in [0.1, 0.15) is 11.1 Å². The zero-order chi connectivity index (χ0) is 12.7.